The zero-order valence-corrected chi connectivity index (χ0v) is 18.2. The van der Waals surface area contributed by atoms with E-state index < -0.39 is 10.1 Å². The van der Waals surface area contributed by atoms with E-state index in [1.807, 2.05) is 53.9 Å². The molecule has 4 rings (SSSR count). The maximum atomic E-state index is 11.2. The normalized spacial score (nSPS) is 12.3. The number of hydrogen-bond acceptors (Lipinski definition) is 5. The molecule has 0 spiro atoms. The first-order valence-corrected chi connectivity index (χ1v) is 12.4. The fourth-order valence-electron chi connectivity index (χ4n) is 3.33. The van der Waals surface area contributed by atoms with Crippen LogP contribution in [0.4, 0.5) is 0 Å². The van der Waals surface area contributed by atoms with E-state index in [1.165, 1.54) is 0 Å². The Bertz CT molecular complexity index is 1290. The molecule has 5 nitrogen and oxygen atoms in total. The first-order valence-electron chi connectivity index (χ1n) is 9.05. The molecule has 0 atom stereocenters. The van der Waals surface area contributed by atoms with Gasteiger partial charge in [0.15, 0.2) is 6.54 Å². The summed E-state index contributed by atoms with van der Waals surface area (Å²) in [7, 11) is -2.32. The summed E-state index contributed by atoms with van der Waals surface area (Å²) in [4.78, 5) is 0. The first-order chi connectivity index (χ1) is 14.0. The van der Waals surface area contributed by atoms with Crippen LogP contribution in [0.15, 0.2) is 47.8 Å². The van der Waals surface area contributed by atoms with E-state index in [0.717, 1.165) is 36.6 Å². The number of nitrogens with zero attached hydrogens (tertiary/aromatic N) is 1. The van der Waals surface area contributed by atoms with Gasteiger partial charge in [0, 0.05) is 23.9 Å². The van der Waals surface area contributed by atoms with Gasteiger partial charge in [-0.1, -0.05) is 41.7 Å². The predicted molar refractivity (Wildman–Crippen MR) is 120 cm³/mol. The number of thiophene rings is 1. The second kappa shape index (κ2) is 8.23. The molecule has 0 saturated carbocycles. The maximum absolute atomic E-state index is 11.2. The summed E-state index contributed by atoms with van der Waals surface area (Å²) in [6.45, 7) is 0.494. The van der Waals surface area contributed by atoms with E-state index in [0.29, 0.717) is 13.0 Å². The lowest BCUT2D eigenvalue weighted by atomic mass is 10.2. The lowest BCUT2D eigenvalue weighted by molar-refractivity contribution is -0.667. The van der Waals surface area contributed by atoms with Crippen LogP contribution in [-0.4, -0.2) is 25.8 Å². The highest BCUT2D eigenvalue weighted by molar-refractivity contribution is 7.85. The SMILES string of the molecule is COc1cc2sc(/C=C/c3ccccc3)[n+](CCCS(=O)(=O)O)c2c2sccc12. The molecule has 150 valence electrons. The molecule has 8 heteroatoms. The van der Waals surface area contributed by atoms with Crippen molar-refractivity contribution >= 4 is 65.2 Å². The fourth-order valence-corrected chi connectivity index (χ4v) is 5.98. The van der Waals surface area contributed by atoms with Gasteiger partial charge in [-0.25, -0.2) is 0 Å². The van der Waals surface area contributed by atoms with E-state index in [9.17, 15) is 8.42 Å². The molecule has 0 fully saturated rings. The Kier molecular flexibility index (Phi) is 5.69. The van der Waals surface area contributed by atoms with Gasteiger partial charge in [0.05, 0.1) is 12.9 Å². The number of thiazole rings is 1. The minimum atomic E-state index is -3.99. The van der Waals surface area contributed by atoms with Crippen LogP contribution >= 0.6 is 22.7 Å². The average molecular weight is 447 g/mol. The summed E-state index contributed by atoms with van der Waals surface area (Å²) in [6, 6.07) is 14.1. The molecular formula is C21H20NO4S3+. The van der Waals surface area contributed by atoms with Crippen molar-refractivity contribution in [3.05, 3.63) is 58.4 Å². The summed E-state index contributed by atoms with van der Waals surface area (Å²) in [5, 5.41) is 4.10. The highest BCUT2D eigenvalue weighted by Gasteiger charge is 2.24. The largest absolute Gasteiger partial charge is 0.496 e. The second-order valence-electron chi connectivity index (χ2n) is 6.56. The van der Waals surface area contributed by atoms with E-state index in [4.69, 9.17) is 9.29 Å². The zero-order chi connectivity index (χ0) is 20.4. The topological polar surface area (TPSA) is 67.5 Å². The number of benzene rings is 2. The van der Waals surface area contributed by atoms with Crippen LogP contribution in [-0.2, 0) is 16.7 Å². The maximum Gasteiger partial charge on any atom is 0.265 e. The minimum absolute atomic E-state index is 0.261. The number of aryl methyl sites for hydroxylation is 1. The molecule has 4 aromatic rings. The number of fused-ring (bicyclic) bond motifs is 3. The summed E-state index contributed by atoms with van der Waals surface area (Å²) >= 11 is 3.28. The number of ether oxygens (including phenoxy) is 1. The van der Waals surface area contributed by atoms with Crippen LogP contribution in [0.1, 0.15) is 17.0 Å². The molecule has 0 amide bonds. The molecule has 0 aliphatic rings. The molecule has 0 aliphatic heterocycles. The molecule has 0 radical (unpaired) electrons. The molecule has 2 aromatic carbocycles. The van der Waals surface area contributed by atoms with Gasteiger partial charge in [-0.15, -0.1) is 11.3 Å². The highest BCUT2D eigenvalue weighted by atomic mass is 32.2. The Balaban J connectivity index is 1.84. The predicted octanol–water partition coefficient (Wildman–Crippen LogP) is 4.86. The van der Waals surface area contributed by atoms with Crippen molar-refractivity contribution in [1.29, 1.82) is 0 Å². The van der Waals surface area contributed by atoms with Gasteiger partial charge in [0.1, 0.15) is 15.1 Å². The smallest absolute Gasteiger partial charge is 0.265 e. The van der Waals surface area contributed by atoms with Gasteiger partial charge in [-0.05, 0) is 23.1 Å². The third-order valence-corrected chi connectivity index (χ3v) is 7.44. The van der Waals surface area contributed by atoms with Gasteiger partial charge >= 0.3 is 0 Å². The molecular weight excluding hydrogens is 426 g/mol. The average Bonchev–Trinajstić information content (AvgIpc) is 3.30. The number of methoxy groups -OCH3 is 1. The fraction of sp³-hybridized carbons (Fsp3) is 0.190. The van der Waals surface area contributed by atoms with Crippen molar-refractivity contribution in [2.45, 2.75) is 13.0 Å². The Labute approximate surface area is 177 Å². The lowest BCUT2D eigenvalue weighted by Gasteiger charge is -2.02. The van der Waals surface area contributed by atoms with Crippen molar-refractivity contribution in [3.63, 3.8) is 0 Å². The summed E-state index contributed by atoms with van der Waals surface area (Å²) in [6.07, 6.45) is 4.44. The Morgan fingerprint density at radius 1 is 1.17 bits per heavy atom. The van der Waals surface area contributed by atoms with Crippen molar-refractivity contribution in [3.8, 4) is 5.75 Å². The lowest BCUT2D eigenvalue weighted by Crippen LogP contribution is -2.36. The van der Waals surface area contributed by atoms with Crippen molar-refractivity contribution < 1.29 is 22.3 Å². The molecule has 2 aromatic heterocycles. The third-order valence-electron chi connectivity index (χ3n) is 4.61. The molecule has 0 aliphatic carbocycles. The summed E-state index contributed by atoms with van der Waals surface area (Å²) < 4.78 is 41.4. The number of hydrogen-bond donors (Lipinski definition) is 1. The van der Waals surface area contributed by atoms with E-state index in [1.54, 1.807) is 29.8 Å². The van der Waals surface area contributed by atoms with Crippen LogP contribution < -0.4 is 9.30 Å². The van der Waals surface area contributed by atoms with Crippen molar-refractivity contribution in [2.24, 2.45) is 0 Å². The van der Waals surface area contributed by atoms with Crippen LogP contribution in [0, 0.1) is 0 Å². The molecule has 0 saturated heterocycles. The van der Waals surface area contributed by atoms with Crippen LogP contribution in [0.2, 0.25) is 0 Å². The first kappa shape index (κ1) is 20.0. The molecule has 1 N–H and O–H groups in total. The Hall–Kier alpha value is -2.26. The standard InChI is InChI=1S/C21H19NO4S3/c1-26-17-14-18-20(21-16(17)10-12-27-21)22(11-5-13-29(23,24)25)19(28-18)9-8-15-6-3-2-4-7-15/h2-4,6-10,12,14H,5,11,13H2,1H3/p+1/b9-8+. The van der Waals surface area contributed by atoms with Crippen molar-refractivity contribution in [2.75, 3.05) is 12.9 Å². The van der Waals surface area contributed by atoms with Gasteiger partial charge < -0.3 is 4.74 Å². The summed E-state index contributed by atoms with van der Waals surface area (Å²) in [5.74, 6) is 0.571. The molecule has 0 bridgehead atoms. The van der Waals surface area contributed by atoms with Gasteiger partial charge in [0.2, 0.25) is 5.52 Å². The van der Waals surface area contributed by atoms with Crippen LogP contribution in [0.5, 0.6) is 5.75 Å². The minimum Gasteiger partial charge on any atom is -0.496 e. The Morgan fingerprint density at radius 3 is 2.69 bits per heavy atom. The molecule has 0 unspecified atom stereocenters. The van der Waals surface area contributed by atoms with Gasteiger partial charge in [-0.3, -0.25) is 4.55 Å². The molecule has 29 heavy (non-hydrogen) atoms. The zero-order valence-electron chi connectivity index (χ0n) is 15.7. The highest BCUT2D eigenvalue weighted by Crippen LogP contribution is 2.38. The quantitative estimate of drug-likeness (QED) is 0.325. The monoisotopic (exact) mass is 446 g/mol. The third kappa shape index (κ3) is 4.35. The Morgan fingerprint density at radius 2 is 1.97 bits per heavy atom. The second-order valence-corrected chi connectivity index (χ2v) is 10.1. The van der Waals surface area contributed by atoms with E-state index in [2.05, 4.69) is 10.6 Å². The van der Waals surface area contributed by atoms with Crippen LogP contribution in [0.25, 0.3) is 32.5 Å². The van der Waals surface area contributed by atoms with E-state index in [-0.39, 0.29) is 5.75 Å². The van der Waals surface area contributed by atoms with Crippen molar-refractivity contribution in [1.82, 2.24) is 0 Å². The number of rotatable bonds is 7. The van der Waals surface area contributed by atoms with Gasteiger partial charge in [-0.2, -0.15) is 13.0 Å². The summed E-state index contributed by atoms with van der Waals surface area (Å²) in [5.41, 5.74) is 2.16. The van der Waals surface area contributed by atoms with Gasteiger partial charge in [0.25, 0.3) is 15.1 Å². The van der Waals surface area contributed by atoms with E-state index >= 15 is 0 Å². The molecule has 2 heterocycles. The number of aromatic nitrogens is 1. The van der Waals surface area contributed by atoms with Crippen LogP contribution in [0.3, 0.4) is 0 Å².